The molecule has 2 aliphatic rings. The molecular formula is C17H24N2O4S. The zero-order chi connectivity index (χ0) is 17.3. The maximum absolute atomic E-state index is 12.4. The zero-order valence-corrected chi connectivity index (χ0v) is 14.9. The normalized spacial score (nSPS) is 29.4. The average Bonchev–Trinajstić information content (AvgIpc) is 2.87. The summed E-state index contributed by atoms with van der Waals surface area (Å²) in [6.45, 7) is 5.59. The number of hydrogen-bond acceptors (Lipinski definition) is 5. The summed E-state index contributed by atoms with van der Waals surface area (Å²) >= 11 is 0. The lowest BCUT2D eigenvalue weighted by atomic mass is 10.1. The summed E-state index contributed by atoms with van der Waals surface area (Å²) in [5.74, 6) is -0.610. The standard InChI is InChI=1S/C17H24N2O4S/c1-12-9-19(10-13(2)23-12)16-6-4-3-5-15(16)18-17(20)14-7-8-24(21,22)11-14/h3-6,12-14H,7-11H2,1-2H3,(H,18,20). The first-order valence-corrected chi connectivity index (χ1v) is 10.2. The molecule has 0 aliphatic carbocycles. The van der Waals surface area contributed by atoms with Crippen LogP contribution in [0.1, 0.15) is 20.3 Å². The van der Waals surface area contributed by atoms with Crippen molar-refractivity contribution < 1.29 is 17.9 Å². The van der Waals surface area contributed by atoms with Crippen LogP contribution in [0.15, 0.2) is 24.3 Å². The first-order valence-electron chi connectivity index (χ1n) is 8.35. The minimum Gasteiger partial charge on any atom is -0.372 e. The van der Waals surface area contributed by atoms with Gasteiger partial charge < -0.3 is 15.0 Å². The van der Waals surface area contributed by atoms with Crippen LogP contribution < -0.4 is 10.2 Å². The fourth-order valence-electron chi connectivity index (χ4n) is 3.47. The summed E-state index contributed by atoms with van der Waals surface area (Å²) in [5, 5.41) is 2.93. The van der Waals surface area contributed by atoms with Gasteiger partial charge in [-0.15, -0.1) is 0 Å². The molecule has 3 rings (SSSR count). The van der Waals surface area contributed by atoms with E-state index >= 15 is 0 Å². The second kappa shape index (κ2) is 6.72. The van der Waals surface area contributed by atoms with Crippen LogP contribution in [0.2, 0.25) is 0 Å². The van der Waals surface area contributed by atoms with Crippen molar-refractivity contribution in [1.82, 2.24) is 0 Å². The fraction of sp³-hybridized carbons (Fsp3) is 0.588. The molecule has 3 atom stereocenters. The molecule has 2 aliphatic heterocycles. The monoisotopic (exact) mass is 352 g/mol. The molecule has 3 unspecified atom stereocenters. The number of anilines is 2. The minimum atomic E-state index is -3.07. The first-order chi connectivity index (χ1) is 11.3. The van der Waals surface area contributed by atoms with E-state index in [1.165, 1.54) is 0 Å². The quantitative estimate of drug-likeness (QED) is 0.896. The number of ether oxygens (including phenoxy) is 1. The molecule has 0 spiro atoms. The smallest absolute Gasteiger partial charge is 0.228 e. The molecule has 2 fully saturated rings. The number of nitrogens with zero attached hydrogens (tertiary/aromatic N) is 1. The second-order valence-corrected chi connectivity index (χ2v) is 9.00. The van der Waals surface area contributed by atoms with E-state index in [-0.39, 0.29) is 29.6 Å². The molecule has 0 radical (unpaired) electrons. The Morgan fingerprint density at radius 3 is 2.50 bits per heavy atom. The van der Waals surface area contributed by atoms with Crippen LogP contribution in [0, 0.1) is 5.92 Å². The van der Waals surface area contributed by atoms with E-state index in [0.29, 0.717) is 6.42 Å². The predicted molar refractivity (Wildman–Crippen MR) is 94.1 cm³/mol. The van der Waals surface area contributed by atoms with E-state index in [0.717, 1.165) is 24.5 Å². The maximum atomic E-state index is 12.4. The molecule has 0 bridgehead atoms. The van der Waals surface area contributed by atoms with Crippen molar-refractivity contribution in [3.05, 3.63) is 24.3 Å². The molecular weight excluding hydrogens is 328 g/mol. The van der Waals surface area contributed by atoms with Gasteiger partial charge in [-0.05, 0) is 32.4 Å². The SMILES string of the molecule is CC1CN(c2ccccc2NC(=O)C2CCS(=O)(=O)C2)CC(C)O1. The van der Waals surface area contributed by atoms with Crippen LogP contribution in [0.4, 0.5) is 11.4 Å². The predicted octanol–water partition coefficient (Wildman–Crippen LogP) is 1.67. The van der Waals surface area contributed by atoms with Crippen molar-refractivity contribution in [2.75, 3.05) is 34.8 Å². The molecule has 1 aromatic carbocycles. The molecule has 24 heavy (non-hydrogen) atoms. The van der Waals surface area contributed by atoms with Crippen molar-refractivity contribution in [3.63, 3.8) is 0 Å². The number of morpholine rings is 1. The van der Waals surface area contributed by atoms with Gasteiger partial charge in [-0.2, -0.15) is 0 Å². The van der Waals surface area contributed by atoms with Crippen molar-refractivity contribution in [2.45, 2.75) is 32.5 Å². The lowest BCUT2D eigenvalue weighted by Crippen LogP contribution is -2.45. The Bertz CT molecular complexity index is 709. The molecule has 1 N–H and O–H groups in total. The third kappa shape index (κ3) is 3.89. The number of para-hydroxylation sites is 2. The molecule has 1 aromatic rings. The van der Waals surface area contributed by atoms with Gasteiger partial charge in [0.05, 0.1) is 41.0 Å². The number of nitrogens with one attached hydrogen (secondary N) is 1. The highest BCUT2D eigenvalue weighted by atomic mass is 32.2. The van der Waals surface area contributed by atoms with Crippen LogP contribution in [0.25, 0.3) is 0 Å². The van der Waals surface area contributed by atoms with E-state index in [2.05, 4.69) is 10.2 Å². The Morgan fingerprint density at radius 2 is 1.88 bits per heavy atom. The van der Waals surface area contributed by atoms with Gasteiger partial charge in [0.1, 0.15) is 0 Å². The maximum Gasteiger partial charge on any atom is 0.228 e. The number of benzene rings is 1. The van der Waals surface area contributed by atoms with Gasteiger partial charge in [0.15, 0.2) is 9.84 Å². The largest absolute Gasteiger partial charge is 0.372 e. The number of carbonyl (C=O) groups excluding carboxylic acids is 1. The van der Waals surface area contributed by atoms with Gasteiger partial charge in [0, 0.05) is 13.1 Å². The highest BCUT2D eigenvalue weighted by molar-refractivity contribution is 7.91. The summed E-state index contributed by atoms with van der Waals surface area (Å²) in [6.07, 6.45) is 0.650. The van der Waals surface area contributed by atoms with E-state index in [9.17, 15) is 13.2 Å². The molecule has 0 saturated carbocycles. The van der Waals surface area contributed by atoms with Crippen molar-refractivity contribution >= 4 is 27.1 Å². The number of rotatable bonds is 3. The lowest BCUT2D eigenvalue weighted by molar-refractivity contribution is -0.119. The number of sulfone groups is 1. The summed E-state index contributed by atoms with van der Waals surface area (Å²) in [4.78, 5) is 14.7. The van der Waals surface area contributed by atoms with Gasteiger partial charge in [-0.1, -0.05) is 12.1 Å². The fourth-order valence-corrected chi connectivity index (χ4v) is 5.21. The van der Waals surface area contributed by atoms with Crippen LogP contribution in [0.3, 0.4) is 0 Å². The van der Waals surface area contributed by atoms with Gasteiger partial charge >= 0.3 is 0 Å². The average molecular weight is 352 g/mol. The Balaban J connectivity index is 1.76. The molecule has 2 saturated heterocycles. The van der Waals surface area contributed by atoms with Crippen LogP contribution in [0.5, 0.6) is 0 Å². The number of amides is 1. The molecule has 6 nitrogen and oxygen atoms in total. The van der Waals surface area contributed by atoms with Crippen LogP contribution in [-0.2, 0) is 19.4 Å². The van der Waals surface area contributed by atoms with Crippen LogP contribution in [-0.4, -0.2) is 51.1 Å². The van der Waals surface area contributed by atoms with Crippen molar-refractivity contribution in [1.29, 1.82) is 0 Å². The van der Waals surface area contributed by atoms with E-state index in [1.54, 1.807) is 0 Å². The van der Waals surface area contributed by atoms with Gasteiger partial charge in [-0.3, -0.25) is 4.79 Å². The number of carbonyl (C=O) groups is 1. The minimum absolute atomic E-state index is 0.0490. The molecule has 2 heterocycles. The Kier molecular flexibility index (Phi) is 4.83. The van der Waals surface area contributed by atoms with Gasteiger partial charge in [0.25, 0.3) is 0 Å². The molecule has 132 valence electrons. The summed E-state index contributed by atoms with van der Waals surface area (Å²) in [6, 6.07) is 7.65. The van der Waals surface area contributed by atoms with Gasteiger partial charge in [-0.25, -0.2) is 8.42 Å². The summed E-state index contributed by atoms with van der Waals surface area (Å²) in [7, 11) is -3.07. The van der Waals surface area contributed by atoms with E-state index in [1.807, 2.05) is 38.1 Å². The highest BCUT2D eigenvalue weighted by Gasteiger charge is 2.33. The molecule has 1 amide bonds. The molecule has 7 heteroatoms. The third-order valence-electron chi connectivity index (χ3n) is 4.53. The topological polar surface area (TPSA) is 75.7 Å². The van der Waals surface area contributed by atoms with Crippen molar-refractivity contribution in [3.8, 4) is 0 Å². The Morgan fingerprint density at radius 1 is 1.21 bits per heavy atom. The molecule has 0 aromatic heterocycles. The highest BCUT2D eigenvalue weighted by Crippen LogP contribution is 2.30. The van der Waals surface area contributed by atoms with Crippen LogP contribution >= 0.6 is 0 Å². The lowest BCUT2D eigenvalue weighted by Gasteiger charge is -2.37. The van der Waals surface area contributed by atoms with E-state index in [4.69, 9.17) is 4.74 Å². The zero-order valence-electron chi connectivity index (χ0n) is 14.1. The third-order valence-corrected chi connectivity index (χ3v) is 6.29. The summed E-state index contributed by atoms with van der Waals surface area (Å²) < 4.78 is 28.9. The van der Waals surface area contributed by atoms with E-state index < -0.39 is 15.8 Å². The number of hydrogen-bond donors (Lipinski definition) is 1. The Labute approximate surface area is 143 Å². The summed E-state index contributed by atoms with van der Waals surface area (Å²) in [5.41, 5.74) is 1.68. The Hall–Kier alpha value is -1.60. The second-order valence-electron chi connectivity index (χ2n) is 6.77. The van der Waals surface area contributed by atoms with Crippen molar-refractivity contribution in [2.24, 2.45) is 5.92 Å². The van der Waals surface area contributed by atoms with Gasteiger partial charge in [0.2, 0.25) is 5.91 Å². The first kappa shape index (κ1) is 17.2.